The molecule has 3 rings (SSSR count). The number of hydrogen-bond donors (Lipinski definition) is 2. The number of rotatable bonds is 7. The summed E-state index contributed by atoms with van der Waals surface area (Å²) in [5.41, 5.74) is 4.92. The molecule has 0 spiro atoms. The van der Waals surface area contributed by atoms with Crippen LogP contribution in [0.3, 0.4) is 0 Å². The highest BCUT2D eigenvalue weighted by atomic mass is 16.5. The Balaban J connectivity index is 1.69. The van der Waals surface area contributed by atoms with Gasteiger partial charge in [-0.3, -0.25) is 9.80 Å². The molecule has 152 valence electrons. The largest absolute Gasteiger partial charge is 0.508 e. The molecule has 0 radical (unpaired) electrons. The van der Waals surface area contributed by atoms with Gasteiger partial charge in [0.05, 0.1) is 7.11 Å². The number of phenols is 1. The quantitative estimate of drug-likeness (QED) is 0.768. The minimum atomic E-state index is 0.196. The Morgan fingerprint density at radius 3 is 2.61 bits per heavy atom. The molecule has 0 aliphatic carbocycles. The van der Waals surface area contributed by atoms with Crippen LogP contribution in [-0.4, -0.2) is 59.4 Å². The van der Waals surface area contributed by atoms with E-state index in [1.54, 1.807) is 13.2 Å². The monoisotopic (exact) mass is 384 g/mol. The van der Waals surface area contributed by atoms with E-state index in [4.69, 9.17) is 4.74 Å². The summed E-state index contributed by atoms with van der Waals surface area (Å²) in [4.78, 5) is 4.90. The molecule has 5 heteroatoms. The van der Waals surface area contributed by atoms with Crippen molar-refractivity contribution in [3.8, 4) is 11.5 Å². The third-order valence-electron chi connectivity index (χ3n) is 5.91. The second kappa shape index (κ2) is 9.41. The van der Waals surface area contributed by atoms with Crippen molar-refractivity contribution in [2.24, 2.45) is 0 Å². The zero-order valence-electron chi connectivity index (χ0n) is 17.2. The molecular formula is C23H32N2O3. The van der Waals surface area contributed by atoms with Gasteiger partial charge in [0.2, 0.25) is 0 Å². The third-order valence-corrected chi connectivity index (χ3v) is 5.91. The molecule has 1 aliphatic rings. The Morgan fingerprint density at radius 2 is 1.89 bits per heavy atom. The lowest BCUT2D eigenvalue weighted by atomic mass is 10.00. The first-order valence-electron chi connectivity index (χ1n) is 10.00. The van der Waals surface area contributed by atoms with Crippen molar-refractivity contribution in [2.45, 2.75) is 39.4 Å². The van der Waals surface area contributed by atoms with Crippen LogP contribution in [0.15, 0.2) is 36.4 Å². The van der Waals surface area contributed by atoms with E-state index in [-0.39, 0.29) is 6.61 Å². The van der Waals surface area contributed by atoms with Crippen molar-refractivity contribution in [1.29, 1.82) is 0 Å². The average molecular weight is 385 g/mol. The first-order valence-corrected chi connectivity index (χ1v) is 10.00. The molecule has 0 aromatic heterocycles. The Labute approximate surface area is 168 Å². The Bertz CT molecular complexity index is 793. The van der Waals surface area contributed by atoms with Crippen LogP contribution in [0.25, 0.3) is 0 Å². The number of hydrogen-bond acceptors (Lipinski definition) is 5. The number of ether oxygens (including phenoxy) is 1. The number of aliphatic hydroxyl groups excluding tert-OH is 1. The third kappa shape index (κ3) is 4.85. The van der Waals surface area contributed by atoms with Gasteiger partial charge in [-0.2, -0.15) is 0 Å². The van der Waals surface area contributed by atoms with Crippen molar-refractivity contribution in [1.82, 2.24) is 9.80 Å². The van der Waals surface area contributed by atoms with E-state index >= 15 is 0 Å². The minimum absolute atomic E-state index is 0.196. The summed E-state index contributed by atoms with van der Waals surface area (Å²) >= 11 is 0. The number of piperazine rings is 1. The fourth-order valence-corrected chi connectivity index (χ4v) is 4.11. The van der Waals surface area contributed by atoms with E-state index < -0.39 is 0 Å². The predicted octanol–water partition coefficient (Wildman–Crippen LogP) is 3.09. The molecule has 0 amide bonds. The van der Waals surface area contributed by atoms with Crippen LogP contribution in [0.2, 0.25) is 0 Å². The lowest BCUT2D eigenvalue weighted by molar-refractivity contribution is 0.0498. The predicted molar refractivity (Wildman–Crippen MR) is 112 cm³/mol. The lowest BCUT2D eigenvalue weighted by Gasteiger charge is -2.41. The highest BCUT2D eigenvalue weighted by Gasteiger charge is 2.27. The molecule has 0 saturated carbocycles. The van der Waals surface area contributed by atoms with Gasteiger partial charge in [-0.15, -0.1) is 0 Å². The molecule has 1 saturated heterocycles. The van der Waals surface area contributed by atoms with E-state index in [1.807, 2.05) is 12.1 Å². The summed E-state index contributed by atoms with van der Waals surface area (Å²) in [7, 11) is 1.71. The maximum absolute atomic E-state index is 9.70. The number of aromatic hydroxyl groups is 1. The van der Waals surface area contributed by atoms with E-state index in [0.29, 0.717) is 11.8 Å². The van der Waals surface area contributed by atoms with Gasteiger partial charge in [-0.1, -0.05) is 18.2 Å². The second-order valence-electron chi connectivity index (χ2n) is 7.72. The first-order chi connectivity index (χ1) is 13.5. The standard InChI is InChI=1S/C23H32N2O3/c1-17-18(2)23(28-3)8-7-20(17)15-25-11-10-24(16-21(25)9-12-26)14-19-5-4-6-22(27)13-19/h4-8,13,21,26-27H,9-12,14-16H2,1-3H3/t21-/m0/s1. The molecule has 0 unspecified atom stereocenters. The highest BCUT2D eigenvalue weighted by Crippen LogP contribution is 2.26. The highest BCUT2D eigenvalue weighted by molar-refractivity contribution is 5.43. The van der Waals surface area contributed by atoms with E-state index in [1.165, 1.54) is 16.7 Å². The molecule has 1 atom stereocenters. The van der Waals surface area contributed by atoms with Gasteiger partial charge in [-0.05, 0) is 60.7 Å². The van der Waals surface area contributed by atoms with Crippen LogP contribution < -0.4 is 4.74 Å². The van der Waals surface area contributed by atoms with E-state index in [0.717, 1.165) is 50.5 Å². The molecule has 2 aromatic carbocycles. The van der Waals surface area contributed by atoms with Gasteiger partial charge in [0.15, 0.2) is 0 Å². The van der Waals surface area contributed by atoms with Gasteiger partial charge < -0.3 is 14.9 Å². The molecule has 2 N–H and O–H groups in total. The summed E-state index contributed by atoms with van der Waals surface area (Å²) in [6.45, 7) is 9.04. The summed E-state index contributed by atoms with van der Waals surface area (Å²) < 4.78 is 5.44. The number of phenolic OH excluding ortho intramolecular Hbond substituents is 1. The summed E-state index contributed by atoms with van der Waals surface area (Å²) in [5, 5.41) is 19.3. The smallest absolute Gasteiger partial charge is 0.122 e. The zero-order chi connectivity index (χ0) is 20.1. The molecule has 1 heterocycles. The van der Waals surface area contributed by atoms with Crippen molar-refractivity contribution < 1.29 is 14.9 Å². The summed E-state index contributed by atoms with van der Waals surface area (Å²) in [5.74, 6) is 1.25. The average Bonchev–Trinajstić information content (AvgIpc) is 2.68. The van der Waals surface area contributed by atoms with E-state index in [9.17, 15) is 10.2 Å². The van der Waals surface area contributed by atoms with Crippen LogP contribution >= 0.6 is 0 Å². The van der Waals surface area contributed by atoms with Crippen molar-refractivity contribution >= 4 is 0 Å². The molecule has 5 nitrogen and oxygen atoms in total. The van der Waals surface area contributed by atoms with Crippen molar-refractivity contribution in [2.75, 3.05) is 33.4 Å². The molecule has 1 fully saturated rings. The number of nitrogens with zero attached hydrogens (tertiary/aromatic N) is 2. The molecule has 2 aromatic rings. The molecule has 1 aliphatic heterocycles. The van der Waals surface area contributed by atoms with Crippen molar-refractivity contribution in [3.63, 3.8) is 0 Å². The fourth-order valence-electron chi connectivity index (χ4n) is 4.11. The number of aliphatic hydroxyl groups is 1. The van der Waals surface area contributed by atoms with Crippen LogP contribution in [-0.2, 0) is 13.1 Å². The number of methoxy groups -OCH3 is 1. The second-order valence-corrected chi connectivity index (χ2v) is 7.72. The van der Waals surface area contributed by atoms with Gasteiger partial charge in [0.25, 0.3) is 0 Å². The van der Waals surface area contributed by atoms with E-state index in [2.05, 4.69) is 41.8 Å². The Kier molecular flexibility index (Phi) is 6.94. The minimum Gasteiger partial charge on any atom is -0.508 e. The first kappa shape index (κ1) is 20.6. The fraction of sp³-hybridized carbons (Fsp3) is 0.478. The van der Waals surface area contributed by atoms with Crippen LogP contribution in [0, 0.1) is 13.8 Å². The van der Waals surface area contributed by atoms with Crippen LogP contribution in [0.1, 0.15) is 28.7 Å². The number of benzene rings is 2. The maximum Gasteiger partial charge on any atom is 0.122 e. The SMILES string of the molecule is COc1ccc(CN2CCN(Cc3cccc(O)c3)C[C@@H]2CCO)c(C)c1C. The van der Waals surface area contributed by atoms with Gasteiger partial charge >= 0.3 is 0 Å². The Morgan fingerprint density at radius 1 is 1.07 bits per heavy atom. The van der Waals surface area contributed by atoms with Crippen LogP contribution in [0.5, 0.6) is 11.5 Å². The van der Waals surface area contributed by atoms with Gasteiger partial charge in [0.1, 0.15) is 11.5 Å². The normalized spacial score (nSPS) is 18.4. The zero-order valence-corrected chi connectivity index (χ0v) is 17.2. The maximum atomic E-state index is 9.70. The molecule has 28 heavy (non-hydrogen) atoms. The van der Waals surface area contributed by atoms with Crippen LogP contribution in [0.4, 0.5) is 0 Å². The topological polar surface area (TPSA) is 56.2 Å². The van der Waals surface area contributed by atoms with Gasteiger partial charge in [-0.25, -0.2) is 0 Å². The van der Waals surface area contributed by atoms with Gasteiger partial charge in [0, 0.05) is 45.4 Å². The summed E-state index contributed by atoms with van der Waals surface area (Å²) in [6.07, 6.45) is 0.769. The summed E-state index contributed by atoms with van der Waals surface area (Å²) in [6, 6.07) is 12.0. The van der Waals surface area contributed by atoms with Crippen molar-refractivity contribution in [3.05, 3.63) is 58.7 Å². The molecular weight excluding hydrogens is 352 g/mol. The molecule has 0 bridgehead atoms. The lowest BCUT2D eigenvalue weighted by Crippen LogP contribution is -2.52. The Hall–Kier alpha value is -2.08.